The fourth-order valence-electron chi connectivity index (χ4n) is 2.30. The van der Waals surface area contributed by atoms with Gasteiger partial charge < -0.3 is 14.2 Å². The van der Waals surface area contributed by atoms with E-state index in [0.717, 1.165) is 0 Å². The minimum absolute atomic E-state index is 0.416. The van der Waals surface area contributed by atoms with Gasteiger partial charge in [0.15, 0.2) is 0 Å². The van der Waals surface area contributed by atoms with Crippen molar-refractivity contribution in [3.63, 3.8) is 0 Å². The zero-order valence-electron chi connectivity index (χ0n) is 14.8. The maximum atomic E-state index is 12.4. The van der Waals surface area contributed by atoms with Gasteiger partial charge in [-0.25, -0.2) is 9.59 Å². The van der Waals surface area contributed by atoms with Crippen LogP contribution in [0, 0.1) is 0 Å². The lowest BCUT2D eigenvalue weighted by Crippen LogP contribution is -2.49. The summed E-state index contributed by atoms with van der Waals surface area (Å²) in [4.78, 5) is 26.2. The Morgan fingerprint density at radius 2 is 1.55 bits per heavy atom. The van der Waals surface area contributed by atoms with E-state index in [0.29, 0.717) is 19.4 Å². The second-order valence-electron chi connectivity index (χ2n) is 7.42. The molecule has 0 aliphatic carbocycles. The molecule has 1 saturated heterocycles. The van der Waals surface area contributed by atoms with E-state index in [4.69, 9.17) is 14.2 Å². The normalized spacial score (nSPS) is 22.6. The van der Waals surface area contributed by atoms with Crippen molar-refractivity contribution < 1.29 is 23.8 Å². The van der Waals surface area contributed by atoms with E-state index in [1.807, 2.05) is 6.92 Å². The number of rotatable bonds is 3. The molecule has 0 aromatic heterocycles. The quantitative estimate of drug-likeness (QED) is 0.749. The molecule has 1 fully saturated rings. The standard InChI is InChI=1S/C16H29NO5/c1-8-20-12-10-9-11(13(18)21-15(2,3)4)17(12)14(19)22-16(5,6)7/h11-12H,8-10H2,1-7H3/t11-,12?/m0/s1. The van der Waals surface area contributed by atoms with Crippen LogP contribution in [-0.2, 0) is 19.0 Å². The Morgan fingerprint density at radius 1 is 1.00 bits per heavy atom. The van der Waals surface area contributed by atoms with E-state index in [2.05, 4.69) is 0 Å². The lowest BCUT2D eigenvalue weighted by atomic mass is 10.1. The Balaban J connectivity index is 2.91. The minimum atomic E-state index is -0.661. The Bertz CT molecular complexity index is 408. The molecule has 0 saturated carbocycles. The Labute approximate surface area is 133 Å². The van der Waals surface area contributed by atoms with Crippen molar-refractivity contribution in [3.8, 4) is 0 Å². The fourth-order valence-corrected chi connectivity index (χ4v) is 2.30. The molecule has 0 radical (unpaired) electrons. The number of amides is 1. The predicted octanol–water partition coefficient (Wildman–Crippen LogP) is 3.09. The predicted molar refractivity (Wildman–Crippen MR) is 82.4 cm³/mol. The van der Waals surface area contributed by atoms with Gasteiger partial charge in [0.2, 0.25) is 0 Å². The summed E-state index contributed by atoms with van der Waals surface area (Å²) in [6, 6.07) is -0.661. The number of carbonyl (C=O) groups is 2. The van der Waals surface area contributed by atoms with Crippen LogP contribution in [-0.4, -0.2) is 47.0 Å². The Morgan fingerprint density at radius 3 is 2.00 bits per heavy atom. The van der Waals surface area contributed by atoms with Crippen molar-refractivity contribution in [2.24, 2.45) is 0 Å². The smallest absolute Gasteiger partial charge is 0.413 e. The van der Waals surface area contributed by atoms with Gasteiger partial charge in [0.05, 0.1) is 0 Å². The SMILES string of the molecule is CCOC1CC[C@@H](C(=O)OC(C)(C)C)N1C(=O)OC(C)(C)C. The van der Waals surface area contributed by atoms with Gasteiger partial charge >= 0.3 is 12.1 Å². The second kappa shape index (κ2) is 6.86. The zero-order valence-corrected chi connectivity index (χ0v) is 14.8. The van der Waals surface area contributed by atoms with Crippen molar-refractivity contribution in [3.05, 3.63) is 0 Å². The summed E-state index contributed by atoms with van der Waals surface area (Å²) >= 11 is 0. The summed E-state index contributed by atoms with van der Waals surface area (Å²) in [7, 11) is 0. The van der Waals surface area contributed by atoms with Crippen molar-refractivity contribution in [2.45, 2.75) is 84.8 Å². The van der Waals surface area contributed by atoms with Gasteiger partial charge in [-0.3, -0.25) is 4.90 Å². The molecule has 0 aromatic carbocycles. The average molecular weight is 315 g/mol. The Hall–Kier alpha value is -1.30. The molecule has 1 amide bonds. The van der Waals surface area contributed by atoms with E-state index in [1.54, 1.807) is 41.5 Å². The molecule has 1 unspecified atom stereocenters. The van der Waals surface area contributed by atoms with E-state index in [-0.39, 0.29) is 0 Å². The topological polar surface area (TPSA) is 65.1 Å². The van der Waals surface area contributed by atoms with Crippen LogP contribution in [0.2, 0.25) is 0 Å². The molecule has 0 aromatic rings. The molecule has 0 bridgehead atoms. The van der Waals surface area contributed by atoms with E-state index < -0.39 is 35.5 Å². The van der Waals surface area contributed by atoms with Gasteiger partial charge in [0.1, 0.15) is 23.5 Å². The van der Waals surface area contributed by atoms with Gasteiger partial charge in [0.25, 0.3) is 0 Å². The molecule has 1 rings (SSSR count). The number of likely N-dealkylation sites (tertiary alicyclic amines) is 1. The van der Waals surface area contributed by atoms with E-state index in [9.17, 15) is 9.59 Å². The van der Waals surface area contributed by atoms with Gasteiger partial charge in [-0.2, -0.15) is 0 Å². The molecular formula is C16H29NO5. The van der Waals surface area contributed by atoms with Crippen LogP contribution < -0.4 is 0 Å². The summed E-state index contributed by atoms with van der Waals surface area (Å²) in [6.07, 6.45) is 0.118. The van der Waals surface area contributed by atoms with Crippen LogP contribution in [0.5, 0.6) is 0 Å². The molecular weight excluding hydrogens is 286 g/mol. The largest absolute Gasteiger partial charge is 0.458 e. The van der Waals surface area contributed by atoms with Crippen LogP contribution in [0.25, 0.3) is 0 Å². The third-order valence-corrected chi connectivity index (χ3v) is 2.98. The number of hydrogen-bond acceptors (Lipinski definition) is 5. The van der Waals surface area contributed by atoms with Crippen LogP contribution in [0.3, 0.4) is 0 Å². The van der Waals surface area contributed by atoms with Gasteiger partial charge in [-0.1, -0.05) is 0 Å². The van der Waals surface area contributed by atoms with Crippen LogP contribution >= 0.6 is 0 Å². The summed E-state index contributed by atoms with van der Waals surface area (Å²) in [5.41, 5.74) is -1.23. The highest BCUT2D eigenvalue weighted by Crippen LogP contribution is 2.29. The summed E-state index contributed by atoms with van der Waals surface area (Å²) < 4.78 is 16.4. The highest BCUT2D eigenvalue weighted by Gasteiger charge is 2.45. The van der Waals surface area contributed by atoms with Crippen molar-refractivity contribution >= 4 is 12.1 Å². The zero-order chi connectivity index (χ0) is 17.1. The Kier molecular flexibility index (Phi) is 5.84. The van der Waals surface area contributed by atoms with E-state index in [1.165, 1.54) is 4.90 Å². The molecule has 6 heteroatoms. The van der Waals surface area contributed by atoms with Crippen molar-refractivity contribution in [2.75, 3.05) is 6.61 Å². The fraction of sp³-hybridized carbons (Fsp3) is 0.875. The third kappa shape index (κ3) is 5.48. The number of nitrogens with zero attached hydrogens (tertiary/aromatic N) is 1. The molecule has 1 heterocycles. The summed E-state index contributed by atoms with van der Waals surface area (Å²) in [6.45, 7) is 13.1. The van der Waals surface area contributed by atoms with Gasteiger partial charge in [-0.15, -0.1) is 0 Å². The first-order chi connectivity index (χ1) is 9.94. The highest BCUT2D eigenvalue weighted by atomic mass is 16.6. The third-order valence-electron chi connectivity index (χ3n) is 2.98. The monoisotopic (exact) mass is 315 g/mol. The van der Waals surface area contributed by atoms with E-state index >= 15 is 0 Å². The molecule has 0 N–H and O–H groups in total. The second-order valence-corrected chi connectivity index (χ2v) is 7.42. The molecule has 2 atom stereocenters. The molecule has 1 aliphatic heterocycles. The molecule has 6 nitrogen and oxygen atoms in total. The number of carbonyl (C=O) groups excluding carboxylic acids is 2. The maximum Gasteiger partial charge on any atom is 0.413 e. The first kappa shape index (κ1) is 18.7. The maximum absolute atomic E-state index is 12.4. The number of esters is 1. The van der Waals surface area contributed by atoms with Crippen molar-refractivity contribution in [1.82, 2.24) is 4.90 Å². The first-order valence-electron chi connectivity index (χ1n) is 7.80. The lowest BCUT2D eigenvalue weighted by Gasteiger charge is -2.32. The van der Waals surface area contributed by atoms with Crippen LogP contribution in [0.4, 0.5) is 4.79 Å². The number of ether oxygens (including phenoxy) is 3. The van der Waals surface area contributed by atoms with Crippen LogP contribution in [0.1, 0.15) is 61.3 Å². The minimum Gasteiger partial charge on any atom is -0.458 e. The highest BCUT2D eigenvalue weighted by molar-refractivity contribution is 5.82. The van der Waals surface area contributed by atoms with Gasteiger partial charge in [0, 0.05) is 6.61 Å². The number of hydrogen-bond donors (Lipinski definition) is 0. The molecule has 0 spiro atoms. The van der Waals surface area contributed by atoms with Crippen LogP contribution in [0.15, 0.2) is 0 Å². The average Bonchev–Trinajstić information content (AvgIpc) is 2.68. The molecule has 1 aliphatic rings. The first-order valence-corrected chi connectivity index (χ1v) is 7.80. The molecule has 128 valence electrons. The van der Waals surface area contributed by atoms with Crippen molar-refractivity contribution in [1.29, 1.82) is 0 Å². The molecule has 22 heavy (non-hydrogen) atoms. The summed E-state index contributed by atoms with van der Waals surface area (Å²) in [5.74, 6) is -0.416. The summed E-state index contributed by atoms with van der Waals surface area (Å²) in [5, 5.41) is 0. The van der Waals surface area contributed by atoms with Gasteiger partial charge in [-0.05, 0) is 61.3 Å². The lowest BCUT2D eigenvalue weighted by molar-refractivity contribution is -0.163.